The van der Waals surface area contributed by atoms with Crippen LogP contribution >= 0.6 is 0 Å². The first-order valence-electron chi connectivity index (χ1n) is 6.38. The maximum absolute atomic E-state index is 4.58. The Morgan fingerprint density at radius 1 is 0.800 bits per heavy atom. The number of rotatable bonds is 1. The molecule has 0 aliphatic carbocycles. The van der Waals surface area contributed by atoms with Gasteiger partial charge in [0.1, 0.15) is 11.7 Å². The van der Waals surface area contributed by atoms with Crippen molar-refractivity contribution in [3.05, 3.63) is 67.3 Å². The largest absolute Gasteiger partial charge is 0.330 e. The molecule has 4 heteroatoms. The van der Waals surface area contributed by atoms with Gasteiger partial charge in [0.25, 0.3) is 5.65 Å². The minimum Gasteiger partial charge on any atom is -0.252 e. The first-order chi connectivity index (χ1) is 9.90. The Morgan fingerprint density at radius 3 is 2.60 bits per heavy atom. The second kappa shape index (κ2) is 4.35. The van der Waals surface area contributed by atoms with E-state index in [1.807, 2.05) is 59.4 Å². The van der Waals surface area contributed by atoms with Crippen molar-refractivity contribution >= 4 is 21.9 Å². The summed E-state index contributed by atoms with van der Waals surface area (Å²) in [5.41, 5.74) is 1.69. The molecule has 0 atom stereocenters. The van der Waals surface area contributed by atoms with E-state index in [2.05, 4.69) is 15.0 Å². The van der Waals surface area contributed by atoms with E-state index in [1.54, 1.807) is 12.4 Å². The molecule has 0 aliphatic rings. The second-order valence-electron chi connectivity index (χ2n) is 4.55. The van der Waals surface area contributed by atoms with E-state index in [0.717, 1.165) is 27.8 Å². The van der Waals surface area contributed by atoms with E-state index in [1.165, 1.54) is 0 Å². The van der Waals surface area contributed by atoms with Gasteiger partial charge < -0.3 is 0 Å². The van der Waals surface area contributed by atoms with Gasteiger partial charge in [0.05, 0.1) is 6.20 Å². The molecule has 0 radical (unpaired) electrons. The minimum absolute atomic E-state index is 0.749. The van der Waals surface area contributed by atoms with Crippen LogP contribution in [0.15, 0.2) is 67.3 Å². The maximum atomic E-state index is 4.58. The Morgan fingerprint density at radius 2 is 1.65 bits per heavy atom. The summed E-state index contributed by atoms with van der Waals surface area (Å²) in [5.74, 6) is 0.837. The van der Waals surface area contributed by atoms with E-state index >= 15 is 0 Å². The van der Waals surface area contributed by atoms with Crippen LogP contribution in [0.4, 0.5) is 0 Å². The third-order valence-electron chi connectivity index (χ3n) is 3.26. The van der Waals surface area contributed by atoms with Gasteiger partial charge in [-0.15, -0.1) is 0 Å². The fourth-order valence-electron chi connectivity index (χ4n) is 2.24. The van der Waals surface area contributed by atoms with Crippen LogP contribution in [0.1, 0.15) is 0 Å². The monoisotopic (exact) mass is 259 g/mol. The summed E-state index contributed by atoms with van der Waals surface area (Å²) in [6, 6.07) is 13.9. The van der Waals surface area contributed by atoms with Gasteiger partial charge in [0, 0.05) is 29.2 Å². The molecule has 0 saturated heterocycles. The highest BCUT2D eigenvalue weighted by Gasteiger charge is 2.11. The Kier molecular flexibility index (Phi) is 2.39. The lowest BCUT2D eigenvalue weighted by atomic mass is 10.2. The van der Waals surface area contributed by atoms with E-state index in [0.29, 0.717) is 0 Å². The van der Waals surface area contributed by atoms with Crippen LogP contribution in [0.25, 0.3) is 27.8 Å². The SMILES string of the molecule is c1cnc2c[n+](-c3ccc4cccnc4n3)ccc2c1. The molecule has 0 spiro atoms. The lowest BCUT2D eigenvalue weighted by Crippen LogP contribution is -2.30. The van der Waals surface area contributed by atoms with Crippen molar-refractivity contribution in [3.8, 4) is 5.82 Å². The Balaban J connectivity index is 1.91. The third-order valence-corrected chi connectivity index (χ3v) is 3.26. The standard InChI is InChI=1S/C16H11N4/c1-3-12-7-10-20(11-14(12)17-8-1)15-6-5-13-4-2-9-18-16(13)19-15/h1-11H/q+1. The molecule has 0 unspecified atom stereocenters. The Labute approximate surface area is 115 Å². The van der Waals surface area contributed by atoms with Crippen LogP contribution in [0.5, 0.6) is 0 Å². The average molecular weight is 259 g/mol. The quantitative estimate of drug-likeness (QED) is 0.493. The molecule has 0 saturated carbocycles. The predicted molar refractivity (Wildman–Crippen MR) is 76.4 cm³/mol. The number of pyridine rings is 4. The fourth-order valence-corrected chi connectivity index (χ4v) is 2.24. The molecule has 4 aromatic rings. The van der Waals surface area contributed by atoms with Crippen LogP contribution in [0.2, 0.25) is 0 Å². The second-order valence-corrected chi connectivity index (χ2v) is 4.55. The number of hydrogen-bond donors (Lipinski definition) is 0. The first kappa shape index (κ1) is 11.0. The number of aromatic nitrogens is 4. The molecule has 0 aromatic carbocycles. The molecule has 0 aliphatic heterocycles. The summed E-state index contributed by atoms with van der Waals surface area (Å²) in [6.07, 6.45) is 7.52. The lowest BCUT2D eigenvalue weighted by Gasteiger charge is -1.99. The zero-order chi connectivity index (χ0) is 13.4. The van der Waals surface area contributed by atoms with Gasteiger partial charge >= 0.3 is 5.82 Å². The van der Waals surface area contributed by atoms with E-state index in [4.69, 9.17) is 0 Å². The van der Waals surface area contributed by atoms with Gasteiger partial charge in [-0.2, -0.15) is 0 Å². The van der Waals surface area contributed by atoms with E-state index in [-0.39, 0.29) is 0 Å². The van der Waals surface area contributed by atoms with Crippen LogP contribution in [-0.4, -0.2) is 15.0 Å². The van der Waals surface area contributed by atoms with Crippen LogP contribution in [0, 0.1) is 0 Å². The average Bonchev–Trinajstić information content (AvgIpc) is 2.54. The van der Waals surface area contributed by atoms with Crippen molar-refractivity contribution in [2.45, 2.75) is 0 Å². The highest BCUT2D eigenvalue weighted by atomic mass is 15.1. The van der Waals surface area contributed by atoms with Crippen molar-refractivity contribution in [2.24, 2.45) is 0 Å². The van der Waals surface area contributed by atoms with Crippen molar-refractivity contribution in [3.63, 3.8) is 0 Å². The third kappa shape index (κ3) is 1.78. The van der Waals surface area contributed by atoms with Crippen molar-refractivity contribution in [1.29, 1.82) is 0 Å². The fraction of sp³-hybridized carbons (Fsp3) is 0. The molecule has 4 heterocycles. The Hall–Kier alpha value is -2.88. The molecule has 4 rings (SSSR count). The molecule has 4 aromatic heterocycles. The smallest absolute Gasteiger partial charge is 0.252 e. The summed E-state index contributed by atoms with van der Waals surface area (Å²) < 4.78 is 1.96. The molecule has 94 valence electrons. The number of fused-ring (bicyclic) bond motifs is 2. The predicted octanol–water partition coefficient (Wildman–Crippen LogP) is 2.45. The summed E-state index contributed by atoms with van der Waals surface area (Å²) >= 11 is 0. The van der Waals surface area contributed by atoms with Gasteiger partial charge in [-0.1, -0.05) is 6.07 Å². The van der Waals surface area contributed by atoms with E-state index in [9.17, 15) is 0 Å². The van der Waals surface area contributed by atoms with Gasteiger partial charge in [-0.25, -0.2) is 9.55 Å². The normalized spacial score (nSPS) is 11.0. The zero-order valence-electron chi connectivity index (χ0n) is 10.6. The molecule has 0 amide bonds. The first-order valence-corrected chi connectivity index (χ1v) is 6.38. The molecule has 4 nitrogen and oxygen atoms in total. The zero-order valence-corrected chi connectivity index (χ0v) is 10.6. The topological polar surface area (TPSA) is 42.5 Å². The van der Waals surface area contributed by atoms with Gasteiger partial charge in [0.2, 0.25) is 0 Å². The molecule has 0 fully saturated rings. The van der Waals surface area contributed by atoms with E-state index < -0.39 is 0 Å². The molecule has 0 N–H and O–H groups in total. The highest BCUT2D eigenvalue weighted by Crippen LogP contribution is 2.11. The van der Waals surface area contributed by atoms with Crippen LogP contribution < -0.4 is 4.57 Å². The summed E-state index contributed by atoms with van der Waals surface area (Å²) in [5, 5.41) is 2.15. The van der Waals surface area contributed by atoms with Gasteiger partial charge in [-0.3, -0.25) is 4.98 Å². The maximum Gasteiger partial charge on any atom is 0.330 e. The van der Waals surface area contributed by atoms with Gasteiger partial charge in [-0.05, 0) is 35.3 Å². The van der Waals surface area contributed by atoms with Crippen molar-refractivity contribution in [1.82, 2.24) is 15.0 Å². The summed E-state index contributed by atoms with van der Waals surface area (Å²) in [7, 11) is 0. The molecule has 20 heavy (non-hydrogen) atoms. The lowest BCUT2D eigenvalue weighted by molar-refractivity contribution is -0.598. The Bertz CT molecular complexity index is 841. The highest BCUT2D eigenvalue weighted by molar-refractivity contribution is 5.76. The minimum atomic E-state index is 0.749. The summed E-state index contributed by atoms with van der Waals surface area (Å²) in [6.45, 7) is 0. The number of hydrogen-bond acceptors (Lipinski definition) is 3. The molecular formula is C16H11N4+. The van der Waals surface area contributed by atoms with Crippen LogP contribution in [0.3, 0.4) is 0 Å². The molecule has 0 bridgehead atoms. The van der Waals surface area contributed by atoms with Crippen LogP contribution in [-0.2, 0) is 0 Å². The van der Waals surface area contributed by atoms with Crippen molar-refractivity contribution in [2.75, 3.05) is 0 Å². The summed E-state index contributed by atoms with van der Waals surface area (Å²) in [4.78, 5) is 13.2. The number of nitrogens with zero attached hydrogens (tertiary/aromatic N) is 4. The van der Waals surface area contributed by atoms with Gasteiger partial charge in [0.15, 0.2) is 0 Å². The van der Waals surface area contributed by atoms with Crippen molar-refractivity contribution < 1.29 is 4.57 Å². The molecular weight excluding hydrogens is 248 g/mol.